The van der Waals surface area contributed by atoms with E-state index in [-0.39, 0.29) is 11.5 Å². The van der Waals surface area contributed by atoms with Gasteiger partial charge in [-0.05, 0) is 50.7 Å². The van der Waals surface area contributed by atoms with Gasteiger partial charge in [-0.2, -0.15) is 5.10 Å². The van der Waals surface area contributed by atoms with E-state index in [0.717, 1.165) is 47.2 Å². The molecule has 1 atom stereocenters. The number of amides is 1. The summed E-state index contributed by atoms with van der Waals surface area (Å²) < 4.78 is 1.40. The number of hydrogen-bond acceptors (Lipinski definition) is 5. The lowest BCUT2D eigenvalue weighted by molar-refractivity contribution is -0.123. The zero-order chi connectivity index (χ0) is 19.7. The Balaban J connectivity index is 1.55. The van der Waals surface area contributed by atoms with Crippen LogP contribution in [0.1, 0.15) is 47.4 Å². The topological polar surface area (TPSA) is 76.3 Å². The molecule has 7 heteroatoms. The Morgan fingerprint density at radius 2 is 2.04 bits per heavy atom. The van der Waals surface area contributed by atoms with Crippen LogP contribution in [0.2, 0.25) is 0 Å². The van der Waals surface area contributed by atoms with E-state index in [9.17, 15) is 9.59 Å². The van der Waals surface area contributed by atoms with Gasteiger partial charge in [-0.3, -0.25) is 14.2 Å². The number of aromatic nitrogens is 2. The van der Waals surface area contributed by atoms with E-state index in [1.165, 1.54) is 15.8 Å². The molecule has 0 spiro atoms. The van der Waals surface area contributed by atoms with Gasteiger partial charge in [-0.15, -0.1) is 11.3 Å². The molecule has 1 aliphatic carbocycles. The smallest absolute Gasteiger partial charge is 0.263 e. The van der Waals surface area contributed by atoms with Crippen molar-refractivity contribution in [3.05, 3.63) is 62.5 Å². The minimum Gasteiger partial charge on any atom is -0.286 e. The van der Waals surface area contributed by atoms with Gasteiger partial charge in [0.15, 0.2) is 0 Å². The van der Waals surface area contributed by atoms with Gasteiger partial charge in [0.2, 0.25) is 0 Å². The van der Waals surface area contributed by atoms with Crippen molar-refractivity contribution < 1.29 is 4.79 Å². The molecule has 6 nitrogen and oxygen atoms in total. The maximum absolute atomic E-state index is 13.0. The number of rotatable bonds is 4. The number of thiophene rings is 1. The third-order valence-electron chi connectivity index (χ3n) is 5.16. The lowest BCUT2D eigenvalue weighted by Crippen LogP contribution is -2.34. The normalized spacial score (nSPS) is 14.9. The average Bonchev–Trinajstić information content (AvgIpc) is 3.08. The number of benzene rings is 1. The fraction of sp³-hybridized carbons (Fsp3) is 0.333. The van der Waals surface area contributed by atoms with Gasteiger partial charge in [0.1, 0.15) is 10.9 Å². The van der Waals surface area contributed by atoms with Crippen LogP contribution in [0.15, 0.2) is 40.5 Å². The van der Waals surface area contributed by atoms with E-state index in [1.54, 1.807) is 24.5 Å². The molecule has 1 aliphatic rings. The van der Waals surface area contributed by atoms with Crippen molar-refractivity contribution >= 4 is 33.7 Å². The zero-order valence-corrected chi connectivity index (χ0v) is 16.8. The van der Waals surface area contributed by atoms with Gasteiger partial charge in [0.05, 0.1) is 17.9 Å². The van der Waals surface area contributed by atoms with E-state index in [0.29, 0.717) is 5.39 Å². The second kappa shape index (κ2) is 7.67. The van der Waals surface area contributed by atoms with Crippen molar-refractivity contribution in [2.75, 3.05) is 0 Å². The fourth-order valence-corrected chi connectivity index (χ4v) is 4.70. The lowest BCUT2D eigenvalue weighted by Gasteiger charge is -2.14. The van der Waals surface area contributed by atoms with Crippen molar-refractivity contribution in [3.63, 3.8) is 0 Å². The molecule has 0 aliphatic heterocycles. The molecule has 0 saturated carbocycles. The van der Waals surface area contributed by atoms with E-state index < -0.39 is 6.04 Å². The first kappa shape index (κ1) is 18.6. The predicted octanol–water partition coefficient (Wildman–Crippen LogP) is 3.36. The van der Waals surface area contributed by atoms with Crippen molar-refractivity contribution in [2.45, 2.75) is 45.6 Å². The molecule has 0 fully saturated rings. The molecule has 1 aromatic carbocycles. The Hall–Kier alpha value is -2.80. The summed E-state index contributed by atoms with van der Waals surface area (Å²) in [6.07, 6.45) is 7.24. The molecule has 0 saturated heterocycles. The number of aryl methyl sites for hydroxylation is 3. The third kappa shape index (κ3) is 3.49. The van der Waals surface area contributed by atoms with Crippen molar-refractivity contribution in [3.8, 4) is 0 Å². The quantitative estimate of drug-likeness (QED) is 0.545. The molecule has 3 aromatic rings. The summed E-state index contributed by atoms with van der Waals surface area (Å²) >= 11 is 1.61. The van der Waals surface area contributed by atoms with Crippen LogP contribution >= 0.6 is 11.3 Å². The molecule has 2 heterocycles. The van der Waals surface area contributed by atoms with E-state index in [4.69, 9.17) is 0 Å². The van der Waals surface area contributed by atoms with Gasteiger partial charge < -0.3 is 0 Å². The third-order valence-corrected chi connectivity index (χ3v) is 6.36. The zero-order valence-electron chi connectivity index (χ0n) is 15.9. The van der Waals surface area contributed by atoms with Crippen LogP contribution in [0.4, 0.5) is 0 Å². The molecule has 0 bridgehead atoms. The second-order valence-corrected chi connectivity index (χ2v) is 8.25. The summed E-state index contributed by atoms with van der Waals surface area (Å²) in [6, 6.07) is 7.12. The highest BCUT2D eigenvalue weighted by Crippen LogP contribution is 2.33. The number of hydrogen-bond donors (Lipinski definition) is 1. The van der Waals surface area contributed by atoms with E-state index >= 15 is 0 Å². The van der Waals surface area contributed by atoms with Gasteiger partial charge in [0, 0.05) is 4.88 Å². The molecule has 1 amide bonds. The van der Waals surface area contributed by atoms with E-state index in [1.807, 2.05) is 31.2 Å². The molecule has 144 valence electrons. The van der Waals surface area contributed by atoms with Crippen LogP contribution in [0.25, 0.3) is 10.2 Å². The Kier molecular flexibility index (Phi) is 5.09. The highest BCUT2D eigenvalue weighted by Gasteiger charge is 2.23. The molecular weight excluding hydrogens is 372 g/mol. The Labute approximate surface area is 166 Å². The highest BCUT2D eigenvalue weighted by atomic mass is 32.1. The number of nitrogens with zero attached hydrogens (tertiary/aromatic N) is 3. The molecule has 2 aromatic heterocycles. The van der Waals surface area contributed by atoms with E-state index in [2.05, 4.69) is 15.5 Å². The van der Waals surface area contributed by atoms with Crippen molar-refractivity contribution in [1.29, 1.82) is 0 Å². The summed E-state index contributed by atoms with van der Waals surface area (Å²) in [5.41, 5.74) is 5.56. The lowest BCUT2D eigenvalue weighted by atomic mass is 9.97. The fourth-order valence-electron chi connectivity index (χ4n) is 3.48. The summed E-state index contributed by atoms with van der Waals surface area (Å²) in [7, 11) is 0. The van der Waals surface area contributed by atoms with Gasteiger partial charge in [-0.1, -0.05) is 29.8 Å². The number of nitrogens with one attached hydrogen (secondary N) is 1. The molecule has 0 radical (unpaired) electrons. The second-order valence-electron chi connectivity index (χ2n) is 7.17. The molecule has 28 heavy (non-hydrogen) atoms. The molecule has 4 rings (SSSR count). The SMILES string of the molecule is Cc1ccc(/C=N\NC(=O)C(C)n2cnc3sc4c(c3c2=O)CCCC4)cc1. The predicted molar refractivity (Wildman–Crippen MR) is 112 cm³/mol. The summed E-state index contributed by atoms with van der Waals surface area (Å²) in [4.78, 5) is 32.0. The van der Waals surface area contributed by atoms with Gasteiger partial charge in [0.25, 0.3) is 11.5 Å². The Morgan fingerprint density at radius 1 is 1.29 bits per heavy atom. The number of fused-ring (bicyclic) bond motifs is 3. The van der Waals surface area contributed by atoms with Crippen molar-refractivity contribution in [1.82, 2.24) is 15.0 Å². The van der Waals surface area contributed by atoms with Crippen LogP contribution in [0.3, 0.4) is 0 Å². The maximum Gasteiger partial charge on any atom is 0.263 e. The van der Waals surface area contributed by atoms with Crippen LogP contribution in [-0.4, -0.2) is 21.7 Å². The minimum atomic E-state index is -0.696. The number of hydrazone groups is 1. The Morgan fingerprint density at radius 3 is 2.82 bits per heavy atom. The number of carbonyl (C=O) groups excluding carboxylic acids is 1. The maximum atomic E-state index is 13.0. The minimum absolute atomic E-state index is 0.144. The average molecular weight is 395 g/mol. The Bertz CT molecular complexity index is 1110. The van der Waals surface area contributed by atoms with Crippen LogP contribution < -0.4 is 11.0 Å². The standard InChI is InChI=1S/C21H22N4O2S/c1-13-7-9-15(10-8-13)11-23-24-19(26)14(2)25-12-22-20-18(21(25)27)16-5-3-4-6-17(16)28-20/h7-12,14H,3-6H2,1-2H3,(H,24,26)/b23-11-. The molecular formula is C21H22N4O2S. The van der Waals surface area contributed by atoms with Crippen LogP contribution in [0.5, 0.6) is 0 Å². The summed E-state index contributed by atoms with van der Waals surface area (Å²) in [5, 5.41) is 4.70. The monoisotopic (exact) mass is 394 g/mol. The first-order valence-corrected chi connectivity index (χ1v) is 10.3. The van der Waals surface area contributed by atoms with Gasteiger partial charge in [-0.25, -0.2) is 10.4 Å². The van der Waals surface area contributed by atoms with Crippen LogP contribution in [-0.2, 0) is 17.6 Å². The summed E-state index contributed by atoms with van der Waals surface area (Å²) in [5.74, 6) is -0.351. The molecule has 1 N–H and O–H groups in total. The molecule has 1 unspecified atom stereocenters. The van der Waals surface area contributed by atoms with Crippen molar-refractivity contribution in [2.24, 2.45) is 5.10 Å². The first-order chi connectivity index (χ1) is 13.5. The first-order valence-electron chi connectivity index (χ1n) is 9.45. The van der Waals surface area contributed by atoms with Gasteiger partial charge >= 0.3 is 0 Å². The number of carbonyl (C=O) groups is 1. The summed E-state index contributed by atoms with van der Waals surface area (Å²) in [6.45, 7) is 3.70. The highest BCUT2D eigenvalue weighted by molar-refractivity contribution is 7.18. The van der Waals surface area contributed by atoms with Crippen LogP contribution in [0, 0.1) is 6.92 Å². The largest absolute Gasteiger partial charge is 0.286 e.